The normalized spacial score (nSPS) is 17.2. The third-order valence-electron chi connectivity index (χ3n) is 3.95. The van der Waals surface area contributed by atoms with E-state index in [-0.39, 0.29) is 11.9 Å². The Bertz CT molecular complexity index is 743. The van der Waals surface area contributed by atoms with Crippen LogP contribution >= 0.6 is 11.8 Å². The van der Waals surface area contributed by atoms with Crippen LogP contribution in [0.4, 0.5) is 0 Å². The van der Waals surface area contributed by atoms with Gasteiger partial charge in [-0.05, 0) is 19.1 Å². The number of piperazine rings is 1. The van der Waals surface area contributed by atoms with Crippen LogP contribution in [0.2, 0.25) is 0 Å². The van der Waals surface area contributed by atoms with Gasteiger partial charge in [0.2, 0.25) is 10.0 Å². The lowest BCUT2D eigenvalue weighted by molar-refractivity contribution is -0.139. The number of hydrogen-bond donors (Lipinski definition) is 0. The summed E-state index contributed by atoms with van der Waals surface area (Å²) in [5.74, 6) is -0.512. The van der Waals surface area contributed by atoms with Crippen molar-refractivity contribution in [2.45, 2.75) is 17.1 Å². The number of nitrogens with zero attached hydrogens (tertiary/aromatic N) is 2. The number of sulfonamides is 1. The van der Waals surface area contributed by atoms with E-state index < -0.39 is 15.3 Å². The third-order valence-corrected chi connectivity index (χ3v) is 6.41. The van der Waals surface area contributed by atoms with E-state index in [9.17, 15) is 18.0 Å². The van der Waals surface area contributed by atoms with E-state index in [1.807, 2.05) is 6.07 Å². The zero-order chi connectivity index (χ0) is 18.6. The van der Waals surface area contributed by atoms with Gasteiger partial charge in [0.05, 0.1) is 18.9 Å². The number of rotatable bonds is 5. The van der Waals surface area contributed by atoms with Crippen LogP contribution in [0, 0.1) is 0 Å². The molecule has 1 heterocycles. The van der Waals surface area contributed by atoms with Gasteiger partial charge in [-0.15, -0.1) is 11.8 Å². The fraction of sp³-hybridized carbons (Fsp3) is 0.500. The van der Waals surface area contributed by atoms with Gasteiger partial charge in [-0.2, -0.15) is 4.31 Å². The van der Waals surface area contributed by atoms with Crippen LogP contribution in [0.3, 0.4) is 0 Å². The number of carbonyl (C=O) groups is 2. The fourth-order valence-electron chi connectivity index (χ4n) is 2.54. The maximum Gasteiger partial charge on any atom is 0.318 e. The summed E-state index contributed by atoms with van der Waals surface area (Å²) in [7, 11) is -1.91. The molecule has 1 fully saturated rings. The summed E-state index contributed by atoms with van der Waals surface area (Å²) in [5, 5.41) is -0.430. The minimum Gasteiger partial charge on any atom is -0.468 e. The Morgan fingerprint density at radius 3 is 2.32 bits per heavy atom. The van der Waals surface area contributed by atoms with Gasteiger partial charge in [-0.25, -0.2) is 8.42 Å². The molecule has 1 amide bonds. The second-order valence-electron chi connectivity index (χ2n) is 5.73. The Morgan fingerprint density at radius 2 is 1.76 bits per heavy atom. The number of thioether (sulfide) groups is 1. The molecule has 1 aromatic carbocycles. The van der Waals surface area contributed by atoms with Crippen molar-refractivity contribution in [3.8, 4) is 0 Å². The Kier molecular flexibility index (Phi) is 6.47. The number of carbonyl (C=O) groups excluding carboxylic acids is 2. The second kappa shape index (κ2) is 8.20. The van der Waals surface area contributed by atoms with Crippen LogP contribution < -0.4 is 0 Å². The van der Waals surface area contributed by atoms with Gasteiger partial charge in [0.25, 0.3) is 5.91 Å². The van der Waals surface area contributed by atoms with Crippen LogP contribution in [0.15, 0.2) is 29.2 Å². The highest BCUT2D eigenvalue weighted by Gasteiger charge is 2.28. The van der Waals surface area contributed by atoms with Gasteiger partial charge in [0, 0.05) is 31.1 Å². The Morgan fingerprint density at radius 1 is 1.16 bits per heavy atom. The first-order valence-corrected chi connectivity index (χ1v) is 10.5. The molecule has 9 heteroatoms. The third kappa shape index (κ3) is 4.96. The van der Waals surface area contributed by atoms with Gasteiger partial charge >= 0.3 is 5.97 Å². The molecular weight excluding hydrogens is 364 g/mol. The molecule has 0 N–H and O–H groups in total. The summed E-state index contributed by atoms with van der Waals surface area (Å²) in [6, 6.07) is 7.10. The van der Waals surface area contributed by atoms with Crippen molar-refractivity contribution >= 4 is 33.7 Å². The zero-order valence-corrected chi connectivity index (χ0v) is 16.1. The van der Waals surface area contributed by atoms with E-state index in [1.54, 1.807) is 30.0 Å². The Labute approximate surface area is 152 Å². The fourth-order valence-corrected chi connectivity index (χ4v) is 4.38. The first kappa shape index (κ1) is 19.7. The summed E-state index contributed by atoms with van der Waals surface area (Å²) in [4.78, 5) is 26.8. The van der Waals surface area contributed by atoms with E-state index >= 15 is 0 Å². The molecule has 1 atom stereocenters. The minimum absolute atomic E-state index is 0.159. The molecule has 0 saturated carbocycles. The molecule has 1 saturated heterocycles. The maximum absolute atomic E-state index is 12.8. The highest BCUT2D eigenvalue weighted by Crippen LogP contribution is 2.28. The topological polar surface area (TPSA) is 84.0 Å². The van der Waals surface area contributed by atoms with E-state index in [1.165, 1.54) is 29.4 Å². The van der Waals surface area contributed by atoms with Gasteiger partial charge in [0.15, 0.2) is 0 Å². The molecule has 0 aliphatic carbocycles. The number of amides is 1. The monoisotopic (exact) mass is 386 g/mol. The summed E-state index contributed by atoms with van der Waals surface area (Å²) < 4.78 is 29.3. The van der Waals surface area contributed by atoms with E-state index in [2.05, 4.69) is 0 Å². The molecule has 2 rings (SSSR count). The van der Waals surface area contributed by atoms with Crippen molar-refractivity contribution in [1.29, 1.82) is 0 Å². The number of benzene rings is 1. The first-order chi connectivity index (χ1) is 11.7. The second-order valence-corrected chi connectivity index (χ2v) is 9.10. The number of hydrogen-bond acceptors (Lipinski definition) is 6. The first-order valence-electron chi connectivity index (χ1n) is 7.82. The number of esters is 1. The quantitative estimate of drug-likeness (QED) is 0.556. The lowest BCUT2D eigenvalue weighted by Crippen LogP contribution is -2.50. The molecule has 1 aromatic rings. The average Bonchev–Trinajstić information content (AvgIpc) is 2.60. The summed E-state index contributed by atoms with van der Waals surface area (Å²) in [6.45, 7) is 2.99. The Hall–Kier alpha value is -1.58. The molecule has 0 bridgehead atoms. The van der Waals surface area contributed by atoms with Crippen LogP contribution in [0.25, 0.3) is 0 Å². The van der Waals surface area contributed by atoms with Crippen molar-refractivity contribution in [1.82, 2.24) is 9.21 Å². The average molecular weight is 386 g/mol. The summed E-state index contributed by atoms with van der Waals surface area (Å²) in [5.41, 5.74) is 0.510. The van der Waals surface area contributed by atoms with Crippen LogP contribution in [0.1, 0.15) is 17.3 Å². The molecule has 7 nitrogen and oxygen atoms in total. The molecule has 1 aliphatic heterocycles. The van der Waals surface area contributed by atoms with Crippen molar-refractivity contribution in [3.63, 3.8) is 0 Å². The predicted octanol–water partition coefficient (Wildman–Crippen LogP) is 1.06. The van der Waals surface area contributed by atoms with Crippen molar-refractivity contribution < 1.29 is 22.7 Å². The van der Waals surface area contributed by atoms with E-state index in [0.29, 0.717) is 36.6 Å². The zero-order valence-electron chi connectivity index (χ0n) is 14.5. The highest BCUT2D eigenvalue weighted by molar-refractivity contribution is 8.00. The van der Waals surface area contributed by atoms with Crippen molar-refractivity contribution in [2.24, 2.45) is 0 Å². The minimum atomic E-state index is -3.24. The molecule has 0 radical (unpaired) electrons. The molecule has 25 heavy (non-hydrogen) atoms. The van der Waals surface area contributed by atoms with Crippen LogP contribution in [0.5, 0.6) is 0 Å². The van der Waals surface area contributed by atoms with Crippen LogP contribution in [-0.2, 0) is 19.6 Å². The lowest BCUT2D eigenvalue weighted by Gasteiger charge is -2.33. The van der Waals surface area contributed by atoms with Crippen molar-refractivity contribution in [2.75, 3.05) is 39.5 Å². The van der Waals surface area contributed by atoms with E-state index in [4.69, 9.17) is 4.74 Å². The van der Waals surface area contributed by atoms with Gasteiger partial charge < -0.3 is 9.64 Å². The van der Waals surface area contributed by atoms with Gasteiger partial charge in [-0.1, -0.05) is 12.1 Å². The number of methoxy groups -OCH3 is 1. The SMILES string of the molecule is COC(=O)C(C)Sc1ccccc1C(=O)N1CCN(S(C)(=O)=O)CC1. The number of ether oxygens (including phenoxy) is 1. The predicted molar refractivity (Wildman–Crippen MR) is 96.1 cm³/mol. The Balaban J connectivity index is 2.11. The molecule has 0 aromatic heterocycles. The smallest absolute Gasteiger partial charge is 0.318 e. The summed E-state index contributed by atoms with van der Waals surface area (Å²) >= 11 is 1.27. The van der Waals surface area contributed by atoms with Crippen molar-refractivity contribution in [3.05, 3.63) is 29.8 Å². The molecule has 1 unspecified atom stereocenters. The van der Waals surface area contributed by atoms with Gasteiger partial charge in [-0.3, -0.25) is 9.59 Å². The lowest BCUT2D eigenvalue weighted by atomic mass is 10.2. The molecule has 0 spiro atoms. The summed E-state index contributed by atoms with van der Waals surface area (Å²) in [6.07, 6.45) is 1.17. The molecule has 138 valence electrons. The van der Waals surface area contributed by atoms with E-state index in [0.717, 1.165) is 0 Å². The van der Waals surface area contributed by atoms with Gasteiger partial charge in [0.1, 0.15) is 5.25 Å². The maximum atomic E-state index is 12.8. The largest absolute Gasteiger partial charge is 0.468 e. The molecular formula is C16H22N2O5S2. The highest BCUT2D eigenvalue weighted by atomic mass is 32.2. The standard InChI is InChI=1S/C16H22N2O5S2/c1-12(16(20)23-2)24-14-7-5-4-6-13(14)15(19)17-8-10-18(11-9-17)25(3,21)22/h4-7,12H,8-11H2,1-3H3. The molecule has 1 aliphatic rings. The van der Waals surface area contributed by atoms with Crippen LogP contribution in [-0.4, -0.2) is 74.3 Å².